The number of aromatic nitrogens is 4. The number of carbonyl (C=O) groups is 2. The topological polar surface area (TPSA) is 149 Å². The summed E-state index contributed by atoms with van der Waals surface area (Å²) in [6.45, 7) is 0.317. The van der Waals surface area contributed by atoms with Crippen molar-refractivity contribution in [2.24, 2.45) is 0 Å². The van der Waals surface area contributed by atoms with Gasteiger partial charge in [0.05, 0.1) is 24.5 Å². The number of rotatable bonds is 14. The van der Waals surface area contributed by atoms with E-state index in [1.54, 1.807) is 4.68 Å². The number of carboxylic acid groups (broad SMARTS) is 1. The first kappa shape index (κ1) is 34.0. The Morgan fingerprint density at radius 1 is 0.857 bits per heavy atom. The lowest BCUT2D eigenvalue weighted by molar-refractivity contribution is -0.245. The van der Waals surface area contributed by atoms with Crippen LogP contribution < -0.4 is 5.32 Å². The summed E-state index contributed by atoms with van der Waals surface area (Å²) in [5.74, 6) is -0.484. The van der Waals surface area contributed by atoms with Crippen molar-refractivity contribution >= 4 is 23.6 Å². The van der Waals surface area contributed by atoms with E-state index in [0.29, 0.717) is 30.3 Å². The zero-order valence-corrected chi connectivity index (χ0v) is 27.5. The molecule has 5 aromatic rings. The molecule has 3 atom stereocenters. The number of nitrogens with one attached hydrogen (secondary N) is 1. The van der Waals surface area contributed by atoms with Crippen molar-refractivity contribution in [3.8, 4) is 16.8 Å². The van der Waals surface area contributed by atoms with E-state index in [2.05, 4.69) is 26.9 Å². The van der Waals surface area contributed by atoms with E-state index in [4.69, 9.17) is 14.6 Å². The summed E-state index contributed by atoms with van der Waals surface area (Å²) < 4.78 is 14.9. The lowest BCUT2D eigenvalue weighted by atomic mass is 9.99. The van der Waals surface area contributed by atoms with E-state index in [0.717, 1.165) is 39.1 Å². The van der Waals surface area contributed by atoms with Crippen LogP contribution in [0.5, 0.6) is 0 Å². The summed E-state index contributed by atoms with van der Waals surface area (Å²) in [5, 5.41) is 34.3. The number of para-hydroxylation sites is 1. The molecule has 49 heavy (non-hydrogen) atoms. The Labute approximate surface area is 288 Å². The standard InChI is InChI=1S/C37H37N5O6S/c43-23-25-15-17-27(18-16-25)33-21-32(24-49-37-39-40-41-42(37)31-11-2-1-3-12-31)47-36(48-33)30-10-5-9-29(20-30)28-8-4-7-26(19-28)22-38-34(44)13-6-14-35(45)46/h1-5,7-12,15-20,32-33,36,43H,6,13-14,21-24H2,(H,38,44)(H,45,46). The van der Waals surface area contributed by atoms with Crippen molar-refractivity contribution < 1.29 is 29.3 Å². The first-order valence-corrected chi connectivity index (χ1v) is 17.1. The van der Waals surface area contributed by atoms with Gasteiger partial charge in [-0.25, -0.2) is 0 Å². The number of hydrogen-bond donors (Lipinski definition) is 3. The molecule has 11 nitrogen and oxygen atoms in total. The smallest absolute Gasteiger partial charge is 0.303 e. The van der Waals surface area contributed by atoms with E-state index in [9.17, 15) is 14.7 Å². The number of tetrazole rings is 1. The Hall–Kier alpha value is -4.88. The SMILES string of the molecule is O=C(O)CCCC(=O)NCc1cccc(-c2cccc(C3OC(CSc4nnnn4-c4ccccc4)CC(c4ccc(CO)cc4)O3)c2)c1. The third-order valence-corrected chi connectivity index (χ3v) is 9.21. The maximum atomic E-state index is 12.2. The van der Waals surface area contributed by atoms with Crippen molar-refractivity contribution in [3.63, 3.8) is 0 Å². The first-order chi connectivity index (χ1) is 23.9. The number of amides is 1. The van der Waals surface area contributed by atoms with Crippen LogP contribution in [0, 0.1) is 0 Å². The molecule has 1 aromatic heterocycles. The number of carbonyl (C=O) groups excluding carboxylic acids is 1. The van der Waals surface area contributed by atoms with Gasteiger partial charge in [-0.3, -0.25) is 9.59 Å². The van der Waals surface area contributed by atoms with Crippen LogP contribution in [0.15, 0.2) is 108 Å². The molecular formula is C37H37N5O6S. The van der Waals surface area contributed by atoms with Crippen LogP contribution in [-0.2, 0) is 32.2 Å². The fourth-order valence-corrected chi connectivity index (χ4v) is 6.51. The van der Waals surface area contributed by atoms with E-state index < -0.39 is 12.3 Å². The predicted octanol–water partition coefficient (Wildman–Crippen LogP) is 6.03. The van der Waals surface area contributed by atoms with Crippen LogP contribution in [-0.4, -0.2) is 54.2 Å². The van der Waals surface area contributed by atoms with Crippen molar-refractivity contribution in [1.82, 2.24) is 25.5 Å². The molecule has 0 bridgehead atoms. The van der Waals surface area contributed by atoms with Gasteiger partial charge in [0.2, 0.25) is 11.1 Å². The van der Waals surface area contributed by atoms with Crippen molar-refractivity contribution in [1.29, 1.82) is 0 Å². The second-order valence-corrected chi connectivity index (χ2v) is 12.7. The van der Waals surface area contributed by atoms with Crippen LogP contribution in [0.4, 0.5) is 0 Å². The van der Waals surface area contributed by atoms with Crippen LogP contribution in [0.25, 0.3) is 16.8 Å². The fourth-order valence-electron chi connectivity index (χ4n) is 5.61. The zero-order valence-electron chi connectivity index (χ0n) is 26.7. The molecule has 2 heterocycles. The Bertz CT molecular complexity index is 1850. The van der Waals surface area contributed by atoms with Crippen LogP contribution >= 0.6 is 11.8 Å². The second-order valence-electron chi connectivity index (χ2n) is 11.7. The maximum Gasteiger partial charge on any atom is 0.303 e. The lowest BCUT2D eigenvalue weighted by Gasteiger charge is -2.36. The normalized spacial score (nSPS) is 17.4. The maximum absolute atomic E-state index is 12.2. The molecule has 252 valence electrons. The van der Waals surface area contributed by atoms with Crippen molar-refractivity contribution in [2.75, 3.05) is 5.75 Å². The minimum Gasteiger partial charge on any atom is -0.481 e. The molecule has 0 aliphatic carbocycles. The molecule has 12 heteroatoms. The summed E-state index contributed by atoms with van der Waals surface area (Å²) in [6, 6.07) is 33.5. The van der Waals surface area contributed by atoms with Gasteiger partial charge in [0.15, 0.2) is 6.29 Å². The molecule has 0 radical (unpaired) electrons. The molecule has 3 unspecified atom stereocenters. The van der Waals surface area contributed by atoms with Gasteiger partial charge in [0, 0.05) is 37.1 Å². The van der Waals surface area contributed by atoms with Crippen molar-refractivity contribution in [3.05, 3.63) is 125 Å². The van der Waals surface area contributed by atoms with Gasteiger partial charge in [-0.05, 0) is 68.9 Å². The average Bonchev–Trinajstić information content (AvgIpc) is 3.62. The van der Waals surface area contributed by atoms with E-state index >= 15 is 0 Å². The third-order valence-electron chi connectivity index (χ3n) is 8.16. The molecule has 1 amide bonds. The first-order valence-electron chi connectivity index (χ1n) is 16.1. The fraction of sp³-hybridized carbons (Fsp3) is 0.270. The average molecular weight is 680 g/mol. The lowest BCUT2D eigenvalue weighted by Crippen LogP contribution is -2.31. The molecular weight excluding hydrogens is 643 g/mol. The Morgan fingerprint density at radius 3 is 2.41 bits per heavy atom. The predicted molar refractivity (Wildman–Crippen MR) is 184 cm³/mol. The molecule has 1 fully saturated rings. The van der Waals surface area contributed by atoms with Gasteiger partial charge in [-0.2, -0.15) is 4.68 Å². The zero-order chi connectivity index (χ0) is 34.0. The molecule has 1 aliphatic rings. The van der Waals surface area contributed by atoms with Gasteiger partial charge >= 0.3 is 5.97 Å². The van der Waals surface area contributed by atoms with Crippen LogP contribution in [0.3, 0.4) is 0 Å². The number of thioether (sulfide) groups is 1. The van der Waals surface area contributed by atoms with Crippen LogP contribution in [0.2, 0.25) is 0 Å². The third kappa shape index (κ3) is 9.18. The number of benzene rings is 4. The molecule has 1 aliphatic heterocycles. The Balaban J connectivity index is 1.18. The molecule has 1 saturated heterocycles. The summed E-state index contributed by atoms with van der Waals surface area (Å²) in [5.41, 5.74) is 6.47. The molecule has 0 saturated carbocycles. The summed E-state index contributed by atoms with van der Waals surface area (Å²) in [6.07, 6.45) is 0.00924. The highest BCUT2D eigenvalue weighted by molar-refractivity contribution is 7.99. The van der Waals surface area contributed by atoms with Gasteiger partial charge in [-0.1, -0.05) is 90.6 Å². The Kier molecular flexibility index (Phi) is 11.4. The molecule has 4 aromatic carbocycles. The molecule has 6 rings (SSSR count). The number of hydrogen-bond acceptors (Lipinski definition) is 9. The largest absolute Gasteiger partial charge is 0.481 e. The van der Waals surface area contributed by atoms with E-state index in [1.165, 1.54) is 11.8 Å². The highest BCUT2D eigenvalue weighted by Crippen LogP contribution is 2.40. The highest BCUT2D eigenvalue weighted by Gasteiger charge is 2.33. The number of ether oxygens (including phenoxy) is 2. The minimum absolute atomic E-state index is 0.0277. The summed E-state index contributed by atoms with van der Waals surface area (Å²) in [4.78, 5) is 22.9. The van der Waals surface area contributed by atoms with Gasteiger partial charge in [-0.15, -0.1) is 5.10 Å². The Morgan fingerprint density at radius 2 is 1.63 bits per heavy atom. The summed E-state index contributed by atoms with van der Waals surface area (Å²) >= 11 is 1.53. The number of nitrogens with zero attached hydrogens (tertiary/aromatic N) is 4. The van der Waals surface area contributed by atoms with Gasteiger partial charge in [0.1, 0.15) is 0 Å². The van der Waals surface area contributed by atoms with E-state index in [1.807, 2.05) is 97.1 Å². The molecule has 0 spiro atoms. The van der Waals surface area contributed by atoms with E-state index in [-0.39, 0.29) is 37.6 Å². The number of aliphatic hydroxyl groups is 1. The minimum atomic E-state index is -0.907. The number of carboxylic acids is 1. The monoisotopic (exact) mass is 679 g/mol. The number of aliphatic carboxylic acids is 1. The highest BCUT2D eigenvalue weighted by atomic mass is 32.2. The van der Waals surface area contributed by atoms with Gasteiger partial charge in [0.25, 0.3) is 0 Å². The summed E-state index contributed by atoms with van der Waals surface area (Å²) in [7, 11) is 0. The quantitative estimate of drug-likeness (QED) is 0.119. The second kappa shape index (κ2) is 16.5. The van der Waals surface area contributed by atoms with Gasteiger partial charge < -0.3 is 25.0 Å². The van der Waals surface area contributed by atoms with Crippen molar-refractivity contribution in [2.45, 2.75) is 62.5 Å². The van der Waals surface area contributed by atoms with Crippen LogP contribution in [0.1, 0.15) is 60.3 Å². The molecule has 3 N–H and O–H groups in total. The number of aliphatic hydroxyl groups excluding tert-OH is 1.